The number of aromatic hydroxyl groups is 1. The quantitative estimate of drug-likeness (QED) is 0.781. The zero-order valence-corrected chi connectivity index (χ0v) is 8.43. The Morgan fingerprint density at radius 1 is 1.13 bits per heavy atom. The molecule has 0 fully saturated rings. The molecule has 3 heteroatoms. The SMILES string of the molecule is COCOc1ccc2ccccc2c1O. The molecule has 0 unspecified atom stereocenters. The minimum Gasteiger partial charge on any atom is -0.504 e. The highest BCUT2D eigenvalue weighted by Gasteiger charge is 2.06. The van der Waals surface area contributed by atoms with Gasteiger partial charge in [-0.25, -0.2) is 0 Å². The van der Waals surface area contributed by atoms with Crippen LogP contribution in [0.5, 0.6) is 11.5 Å². The summed E-state index contributed by atoms with van der Waals surface area (Å²) in [5.74, 6) is 0.598. The molecule has 0 saturated heterocycles. The molecule has 2 rings (SSSR count). The van der Waals surface area contributed by atoms with E-state index in [-0.39, 0.29) is 12.5 Å². The Balaban J connectivity index is 2.45. The van der Waals surface area contributed by atoms with E-state index < -0.39 is 0 Å². The van der Waals surface area contributed by atoms with Gasteiger partial charge in [-0.05, 0) is 11.5 Å². The van der Waals surface area contributed by atoms with Gasteiger partial charge in [0.2, 0.25) is 0 Å². The standard InChI is InChI=1S/C12H12O3/c1-14-8-15-11-7-6-9-4-2-3-5-10(9)12(11)13/h2-7,13H,8H2,1H3. The smallest absolute Gasteiger partial charge is 0.188 e. The fourth-order valence-corrected chi connectivity index (χ4v) is 1.47. The molecule has 78 valence electrons. The van der Waals surface area contributed by atoms with E-state index in [1.165, 1.54) is 7.11 Å². The van der Waals surface area contributed by atoms with Crippen molar-refractivity contribution in [3.63, 3.8) is 0 Å². The fourth-order valence-electron chi connectivity index (χ4n) is 1.47. The number of phenolic OH excluding ortho intramolecular Hbond substituents is 1. The summed E-state index contributed by atoms with van der Waals surface area (Å²) in [5, 5.41) is 11.7. The summed E-state index contributed by atoms with van der Waals surface area (Å²) < 4.78 is 10.0. The highest BCUT2D eigenvalue weighted by molar-refractivity contribution is 5.90. The van der Waals surface area contributed by atoms with Crippen molar-refractivity contribution in [2.24, 2.45) is 0 Å². The maximum absolute atomic E-state index is 9.90. The fraction of sp³-hybridized carbons (Fsp3) is 0.167. The second-order valence-corrected chi connectivity index (χ2v) is 3.18. The van der Waals surface area contributed by atoms with Crippen molar-refractivity contribution >= 4 is 10.8 Å². The summed E-state index contributed by atoms with van der Waals surface area (Å²) >= 11 is 0. The van der Waals surface area contributed by atoms with Crippen LogP contribution >= 0.6 is 0 Å². The topological polar surface area (TPSA) is 38.7 Å². The van der Waals surface area contributed by atoms with Crippen molar-refractivity contribution in [3.8, 4) is 11.5 Å². The molecule has 0 heterocycles. The van der Waals surface area contributed by atoms with Crippen LogP contribution in [0, 0.1) is 0 Å². The van der Waals surface area contributed by atoms with Gasteiger partial charge in [0, 0.05) is 12.5 Å². The van der Waals surface area contributed by atoms with Crippen LogP contribution < -0.4 is 4.74 Å². The molecule has 0 saturated carbocycles. The molecular formula is C12H12O3. The van der Waals surface area contributed by atoms with Gasteiger partial charge in [-0.15, -0.1) is 0 Å². The zero-order valence-electron chi connectivity index (χ0n) is 8.43. The van der Waals surface area contributed by atoms with Crippen LogP contribution in [0.1, 0.15) is 0 Å². The second kappa shape index (κ2) is 4.19. The van der Waals surface area contributed by atoms with Crippen LogP contribution in [0.3, 0.4) is 0 Å². The lowest BCUT2D eigenvalue weighted by atomic mass is 10.1. The summed E-state index contributed by atoms with van der Waals surface area (Å²) in [5.41, 5.74) is 0. The summed E-state index contributed by atoms with van der Waals surface area (Å²) in [7, 11) is 1.54. The molecule has 2 aromatic rings. The maximum atomic E-state index is 9.90. The van der Waals surface area contributed by atoms with Gasteiger partial charge in [0.05, 0.1) is 0 Å². The van der Waals surface area contributed by atoms with Crippen molar-refractivity contribution in [3.05, 3.63) is 36.4 Å². The third kappa shape index (κ3) is 1.87. The van der Waals surface area contributed by atoms with Crippen LogP contribution in [-0.2, 0) is 4.74 Å². The molecule has 1 N–H and O–H groups in total. The van der Waals surface area contributed by atoms with Gasteiger partial charge in [-0.3, -0.25) is 0 Å². The highest BCUT2D eigenvalue weighted by Crippen LogP contribution is 2.34. The van der Waals surface area contributed by atoms with E-state index in [9.17, 15) is 5.11 Å². The van der Waals surface area contributed by atoms with E-state index in [4.69, 9.17) is 9.47 Å². The van der Waals surface area contributed by atoms with Crippen LogP contribution in [0.2, 0.25) is 0 Å². The van der Waals surface area contributed by atoms with Gasteiger partial charge in [0.1, 0.15) is 0 Å². The van der Waals surface area contributed by atoms with Crippen molar-refractivity contribution in [2.75, 3.05) is 13.9 Å². The Hall–Kier alpha value is -1.74. The molecule has 0 spiro atoms. The van der Waals surface area contributed by atoms with Crippen LogP contribution in [-0.4, -0.2) is 19.0 Å². The lowest BCUT2D eigenvalue weighted by Crippen LogP contribution is -1.98. The third-order valence-electron chi connectivity index (χ3n) is 2.20. The molecule has 0 aliphatic carbocycles. The minimum absolute atomic E-state index is 0.131. The number of ether oxygens (including phenoxy) is 2. The first-order valence-corrected chi connectivity index (χ1v) is 4.65. The Morgan fingerprint density at radius 3 is 2.73 bits per heavy atom. The van der Waals surface area contributed by atoms with E-state index in [0.717, 1.165) is 10.8 Å². The van der Waals surface area contributed by atoms with Gasteiger partial charge >= 0.3 is 0 Å². The molecule has 0 radical (unpaired) electrons. The molecule has 0 amide bonds. The zero-order chi connectivity index (χ0) is 10.7. The van der Waals surface area contributed by atoms with Crippen molar-refractivity contribution in [1.82, 2.24) is 0 Å². The Bertz CT molecular complexity index is 465. The van der Waals surface area contributed by atoms with E-state index >= 15 is 0 Å². The van der Waals surface area contributed by atoms with E-state index in [1.54, 1.807) is 6.07 Å². The molecule has 0 aliphatic rings. The van der Waals surface area contributed by atoms with Crippen molar-refractivity contribution in [2.45, 2.75) is 0 Å². The molecule has 3 nitrogen and oxygen atoms in total. The summed E-state index contributed by atoms with van der Waals surface area (Å²) in [4.78, 5) is 0. The molecule has 2 aromatic carbocycles. The van der Waals surface area contributed by atoms with Gasteiger partial charge in [0.25, 0.3) is 0 Å². The first-order valence-electron chi connectivity index (χ1n) is 4.65. The average Bonchev–Trinajstić information content (AvgIpc) is 2.29. The number of hydrogen-bond donors (Lipinski definition) is 1. The van der Waals surface area contributed by atoms with Gasteiger partial charge in [-0.1, -0.05) is 30.3 Å². The van der Waals surface area contributed by atoms with Crippen LogP contribution in [0.15, 0.2) is 36.4 Å². The first-order chi connectivity index (χ1) is 7.33. The highest BCUT2D eigenvalue weighted by atomic mass is 16.7. The normalized spacial score (nSPS) is 10.5. The summed E-state index contributed by atoms with van der Waals surface area (Å²) in [6.07, 6.45) is 0. The Labute approximate surface area is 87.9 Å². The van der Waals surface area contributed by atoms with Crippen LogP contribution in [0.25, 0.3) is 10.8 Å². The number of methoxy groups -OCH3 is 1. The number of rotatable bonds is 3. The van der Waals surface area contributed by atoms with Gasteiger partial charge < -0.3 is 14.6 Å². The lowest BCUT2D eigenvalue weighted by molar-refractivity contribution is 0.0494. The number of hydrogen-bond acceptors (Lipinski definition) is 3. The minimum atomic E-state index is 0.131. The second-order valence-electron chi connectivity index (χ2n) is 3.18. The van der Waals surface area contributed by atoms with Gasteiger partial charge in [0.15, 0.2) is 18.3 Å². The molecule has 0 atom stereocenters. The third-order valence-corrected chi connectivity index (χ3v) is 2.20. The maximum Gasteiger partial charge on any atom is 0.188 e. The largest absolute Gasteiger partial charge is 0.504 e. The molecule has 0 aliphatic heterocycles. The predicted octanol–water partition coefficient (Wildman–Crippen LogP) is 2.53. The number of phenols is 1. The predicted molar refractivity (Wildman–Crippen MR) is 58.1 cm³/mol. The van der Waals surface area contributed by atoms with E-state index in [1.807, 2.05) is 30.3 Å². The monoisotopic (exact) mass is 204 g/mol. The number of benzene rings is 2. The Kier molecular flexibility index (Phi) is 2.74. The molecular weight excluding hydrogens is 192 g/mol. The van der Waals surface area contributed by atoms with E-state index in [2.05, 4.69) is 0 Å². The molecule has 0 aromatic heterocycles. The molecule has 0 bridgehead atoms. The first kappa shape index (κ1) is 9.80. The van der Waals surface area contributed by atoms with Crippen LogP contribution in [0.4, 0.5) is 0 Å². The van der Waals surface area contributed by atoms with E-state index in [0.29, 0.717) is 5.75 Å². The van der Waals surface area contributed by atoms with Crippen molar-refractivity contribution in [1.29, 1.82) is 0 Å². The van der Waals surface area contributed by atoms with Gasteiger partial charge in [-0.2, -0.15) is 0 Å². The number of fused-ring (bicyclic) bond motifs is 1. The lowest BCUT2D eigenvalue weighted by Gasteiger charge is -2.08. The Morgan fingerprint density at radius 2 is 1.93 bits per heavy atom. The average molecular weight is 204 g/mol. The van der Waals surface area contributed by atoms with Crippen molar-refractivity contribution < 1.29 is 14.6 Å². The summed E-state index contributed by atoms with van der Waals surface area (Å²) in [6, 6.07) is 11.2. The molecule has 15 heavy (non-hydrogen) atoms. The summed E-state index contributed by atoms with van der Waals surface area (Å²) in [6.45, 7) is 0.131.